The Labute approximate surface area is 195 Å². The maximum Gasteiger partial charge on any atom is 0.136 e. The minimum Gasteiger partial charge on any atom is -0.393 e. The summed E-state index contributed by atoms with van der Waals surface area (Å²) >= 11 is 0. The van der Waals surface area contributed by atoms with Gasteiger partial charge in [-0.05, 0) is 97.2 Å². The van der Waals surface area contributed by atoms with E-state index in [1.165, 1.54) is 0 Å². The Balaban J connectivity index is 1.54. The van der Waals surface area contributed by atoms with E-state index in [0.29, 0.717) is 48.2 Å². The summed E-state index contributed by atoms with van der Waals surface area (Å²) in [5, 5.41) is 32.2. The van der Waals surface area contributed by atoms with Crippen LogP contribution in [0, 0.1) is 58.2 Å². The van der Waals surface area contributed by atoms with Crippen molar-refractivity contribution in [3.8, 4) is 0 Å². The van der Waals surface area contributed by atoms with Crippen LogP contribution in [0.5, 0.6) is 0 Å². The average molecular weight is 449 g/mol. The number of Topliss-reactive ketones (excluding diaryl/α,β-unsaturated/α-hetero) is 1. The third kappa shape index (κ3) is 3.71. The Hall–Kier alpha value is -0.450. The number of hydrogen-bond donors (Lipinski definition) is 3. The van der Waals surface area contributed by atoms with Gasteiger partial charge in [0.25, 0.3) is 0 Å². The van der Waals surface area contributed by atoms with Gasteiger partial charge in [0.15, 0.2) is 0 Å². The molecule has 32 heavy (non-hydrogen) atoms. The van der Waals surface area contributed by atoms with E-state index in [1.807, 2.05) is 6.92 Å². The van der Waals surface area contributed by atoms with Crippen LogP contribution in [0.1, 0.15) is 92.9 Å². The molecule has 4 saturated carbocycles. The summed E-state index contributed by atoms with van der Waals surface area (Å²) in [5.74, 6) is 2.88. The van der Waals surface area contributed by atoms with Gasteiger partial charge in [-0.1, -0.05) is 41.5 Å². The van der Waals surface area contributed by atoms with Gasteiger partial charge in [-0.25, -0.2) is 0 Å². The molecule has 4 unspecified atom stereocenters. The van der Waals surface area contributed by atoms with Gasteiger partial charge >= 0.3 is 0 Å². The van der Waals surface area contributed by atoms with E-state index in [-0.39, 0.29) is 34.7 Å². The van der Waals surface area contributed by atoms with Crippen LogP contribution < -0.4 is 0 Å². The average Bonchev–Trinajstić information content (AvgIpc) is 3.10. The number of carbonyl (C=O) groups is 1. The van der Waals surface area contributed by atoms with E-state index in [4.69, 9.17) is 0 Å². The van der Waals surface area contributed by atoms with Crippen LogP contribution >= 0.6 is 0 Å². The van der Waals surface area contributed by atoms with Crippen LogP contribution in [0.2, 0.25) is 0 Å². The fraction of sp³-hybridized carbons (Fsp3) is 0.964. The van der Waals surface area contributed by atoms with Gasteiger partial charge in [0.05, 0.1) is 18.3 Å². The van der Waals surface area contributed by atoms with Gasteiger partial charge in [0, 0.05) is 12.3 Å². The quantitative estimate of drug-likeness (QED) is 0.563. The second kappa shape index (κ2) is 8.64. The van der Waals surface area contributed by atoms with Crippen molar-refractivity contribution >= 4 is 5.78 Å². The smallest absolute Gasteiger partial charge is 0.136 e. The van der Waals surface area contributed by atoms with E-state index >= 15 is 0 Å². The fourth-order valence-corrected chi connectivity index (χ4v) is 9.18. The van der Waals surface area contributed by atoms with Crippen LogP contribution in [0.15, 0.2) is 0 Å². The largest absolute Gasteiger partial charge is 0.393 e. The van der Waals surface area contributed by atoms with Crippen molar-refractivity contribution in [1.82, 2.24) is 0 Å². The third-order valence-corrected chi connectivity index (χ3v) is 11.6. The zero-order valence-electron chi connectivity index (χ0n) is 21.3. The number of hydrogen-bond acceptors (Lipinski definition) is 4. The summed E-state index contributed by atoms with van der Waals surface area (Å²) in [6.45, 7) is 13.2. The van der Waals surface area contributed by atoms with Gasteiger partial charge in [0.1, 0.15) is 5.78 Å². The first kappa shape index (κ1) is 24.7. The number of carbonyl (C=O) groups excluding carboxylic acids is 1. The van der Waals surface area contributed by atoms with Crippen molar-refractivity contribution in [2.45, 2.75) is 111 Å². The van der Waals surface area contributed by atoms with Gasteiger partial charge in [-0.3, -0.25) is 4.79 Å². The summed E-state index contributed by atoms with van der Waals surface area (Å²) < 4.78 is 0. The van der Waals surface area contributed by atoms with Crippen LogP contribution in [0.4, 0.5) is 0 Å². The Kier molecular flexibility index (Phi) is 6.66. The number of rotatable bonds is 5. The number of ketones is 1. The molecule has 4 rings (SSSR count). The maximum absolute atomic E-state index is 13.3. The van der Waals surface area contributed by atoms with Gasteiger partial charge in [-0.15, -0.1) is 0 Å². The van der Waals surface area contributed by atoms with E-state index < -0.39 is 12.2 Å². The lowest BCUT2D eigenvalue weighted by Crippen LogP contribution is -2.57. The molecular weight excluding hydrogens is 400 g/mol. The molecule has 0 aliphatic heterocycles. The molecule has 0 radical (unpaired) electrons. The van der Waals surface area contributed by atoms with Gasteiger partial charge in [-0.2, -0.15) is 0 Å². The van der Waals surface area contributed by atoms with Crippen molar-refractivity contribution in [3.63, 3.8) is 0 Å². The Morgan fingerprint density at radius 2 is 1.50 bits per heavy atom. The third-order valence-electron chi connectivity index (χ3n) is 11.6. The second-order valence-electron chi connectivity index (χ2n) is 13.2. The molecule has 4 nitrogen and oxygen atoms in total. The van der Waals surface area contributed by atoms with E-state index in [0.717, 1.165) is 38.5 Å². The highest BCUT2D eigenvalue weighted by Crippen LogP contribution is 2.67. The lowest BCUT2D eigenvalue weighted by molar-refractivity contribution is -0.161. The topological polar surface area (TPSA) is 77.8 Å². The monoisotopic (exact) mass is 448 g/mol. The molecule has 0 aromatic rings. The molecule has 0 amide bonds. The number of aliphatic hydroxyl groups is 3. The van der Waals surface area contributed by atoms with Crippen LogP contribution in [-0.2, 0) is 4.79 Å². The fourth-order valence-electron chi connectivity index (χ4n) is 9.18. The molecule has 0 bridgehead atoms. The van der Waals surface area contributed by atoms with E-state index in [9.17, 15) is 20.1 Å². The molecule has 0 spiro atoms. The van der Waals surface area contributed by atoms with E-state index in [2.05, 4.69) is 34.6 Å². The normalized spacial score (nSPS) is 47.9. The standard InChI is InChI=1S/C28H48O4/c1-15(2)16(3)25(31)26(32)17(4)20-7-8-21-19-14-24(30)23-13-18(29)9-11-28(23,6)22(19)10-12-27(20,21)5/h15-23,25-26,29,31-32H,7-14H2,1-6H3/t16-,17-,18-,19?,20+,21?,22?,23?,25+,26+,27+,28+/m0/s1. The second-order valence-corrected chi connectivity index (χ2v) is 13.2. The molecule has 0 heterocycles. The molecule has 12 atom stereocenters. The highest BCUT2D eigenvalue weighted by atomic mass is 16.3. The Bertz CT molecular complexity index is 706. The first-order valence-corrected chi connectivity index (χ1v) is 13.5. The minimum absolute atomic E-state index is 0.0440. The van der Waals surface area contributed by atoms with Crippen molar-refractivity contribution < 1.29 is 20.1 Å². The van der Waals surface area contributed by atoms with Crippen LogP contribution in [-0.4, -0.2) is 39.4 Å². The highest BCUT2D eigenvalue weighted by molar-refractivity contribution is 5.83. The molecule has 4 heteroatoms. The lowest BCUT2D eigenvalue weighted by atomic mass is 9.44. The summed E-state index contributed by atoms with van der Waals surface area (Å²) in [6.07, 6.45) is 6.05. The SMILES string of the molecule is CC(C)[C@H](C)[C@@H](O)[C@H](O)[C@@H](C)[C@H]1CCC2C3CC(=O)C4C[C@@H](O)CC[C@]4(C)C3CC[C@@]21C. The van der Waals surface area contributed by atoms with Crippen molar-refractivity contribution in [1.29, 1.82) is 0 Å². The van der Waals surface area contributed by atoms with Crippen molar-refractivity contribution in [2.75, 3.05) is 0 Å². The summed E-state index contributed by atoms with van der Waals surface area (Å²) in [4.78, 5) is 13.3. The van der Waals surface area contributed by atoms with Gasteiger partial charge < -0.3 is 15.3 Å². The Morgan fingerprint density at radius 3 is 2.16 bits per heavy atom. The lowest BCUT2D eigenvalue weighted by Gasteiger charge is -2.60. The molecule has 3 N–H and O–H groups in total. The van der Waals surface area contributed by atoms with Crippen LogP contribution in [0.25, 0.3) is 0 Å². The first-order valence-electron chi connectivity index (χ1n) is 13.5. The van der Waals surface area contributed by atoms with Crippen molar-refractivity contribution in [3.05, 3.63) is 0 Å². The highest BCUT2D eigenvalue weighted by Gasteiger charge is 2.63. The predicted molar refractivity (Wildman–Crippen MR) is 127 cm³/mol. The summed E-state index contributed by atoms with van der Waals surface area (Å²) in [5.41, 5.74) is 0.187. The molecule has 184 valence electrons. The maximum atomic E-state index is 13.3. The first-order chi connectivity index (χ1) is 14.9. The molecule has 4 aliphatic rings. The molecule has 4 aliphatic carbocycles. The molecule has 0 aromatic heterocycles. The minimum atomic E-state index is -0.694. The summed E-state index contributed by atoms with van der Waals surface area (Å²) in [6, 6.07) is 0. The predicted octanol–water partition coefficient (Wildman–Crippen LogP) is 4.84. The summed E-state index contributed by atoms with van der Waals surface area (Å²) in [7, 11) is 0. The zero-order chi connectivity index (χ0) is 23.6. The van der Waals surface area contributed by atoms with Gasteiger partial charge in [0.2, 0.25) is 0 Å². The van der Waals surface area contributed by atoms with Crippen molar-refractivity contribution in [2.24, 2.45) is 58.2 Å². The molecule has 4 fully saturated rings. The number of aliphatic hydroxyl groups excluding tert-OH is 3. The van der Waals surface area contributed by atoms with Crippen LogP contribution in [0.3, 0.4) is 0 Å². The molecular formula is C28H48O4. The molecule has 0 aromatic carbocycles. The van der Waals surface area contributed by atoms with E-state index in [1.54, 1.807) is 0 Å². The Morgan fingerprint density at radius 1 is 0.875 bits per heavy atom. The number of fused-ring (bicyclic) bond motifs is 5. The molecule has 0 saturated heterocycles. The zero-order valence-corrected chi connectivity index (χ0v) is 21.3.